The minimum absolute atomic E-state index is 0.134. The molecule has 2 aromatic heterocycles. The maximum atomic E-state index is 12.7. The van der Waals surface area contributed by atoms with Gasteiger partial charge in [0.05, 0.1) is 11.2 Å². The molecule has 4 rings (SSSR count). The van der Waals surface area contributed by atoms with Crippen molar-refractivity contribution < 1.29 is 32.6 Å². The van der Waals surface area contributed by atoms with Crippen molar-refractivity contribution in [2.75, 3.05) is 25.0 Å². The van der Waals surface area contributed by atoms with Crippen molar-refractivity contribution >= 4 is 29.2 Å². The number of nitrogens with one attached hydrogen (secondary N) is 1. The zero-order chi connectivity index (χ0) is 24.1. The van der Waals surface area contributed by atoms with Crippen LogP contribution in [0.2, 0.25) is 0 Å². The molecule has 1 amide bonds. The summed E-state index contributed by atoms with van der Waals surface area (Å²) in [4.78, 5) is 33.2. The van der Waals surface area contributed by atoms with Crippen molar-refractivity contribution in [3.05, 3.63) is 40.3 Å². The van der Waals surface area contributed by atoms with Crippen LogP contribution in [0.5, 0.6) is 0 Å². The Hall–Kier alpha value is -2.73. The van der Waals surface area contributed by atoms with Crippen LogP contribution in [0, 0.1) is 6.92 Å². The summed E-state index contributed by atoms with van der Waals surface area (Å²) in [5, 5.41) is 12.5. The quantitative estimate of drug-likeness (QED) is 0.681. The summed E-state index contributed by atoms with van der Waals surface area (Å²) in [5.41, 5.74) is 0.710. The maximum Gasteiger partial charge on any atom is 0.490 e. The predicted molar refractivity (Wildman–Crippen MR) is 115 cm³/mol. The third kappa shape index (κ3) is 6.64. The Balaban J connectivity index is 0.000000383. The number of carboxylic acid groups (broad SMARTS) is 1. The number of aryl methyl sites for hydroxylation is 1. The molecule has 2 aliphatic rings. The maximum absolute atomic E-state index is 12.7. The van der Waals surface area contributed by atoms with Gasteiger partial charge in [0.25, 0.3) is 5.91 Å². The van der Waals surface area contributed by atoms with Gasteiger partial charge in [-0.2, -0.15) is 13.2 Å². The van der Waals surface area contributed by atoms with Gasteiger partial charge in [0, 0.05) is 43.0 Å². The number of nitrogens with zero attached hydrogens (tertiary/aromatic N) is 3. The number of thiophene rings is 1. The summed E-state index contributed by atoms with van der Waals surface area (Å²) in [6, 6.07) is 4.06. The zero-order valence-electron chi connectivity index (χ0n) is 18.0. The number of amides is 1. The molecule has 12 heteroatoms. The van der Waals surface area contributed by atoms with E-state index in [-0.39, 0.29) is 11.5 Å². The van der Waals surface area contributed by atoms with Gasteiger partial charge in [-0.15, -0.1) is 11.3 Å². The van der Waals surface area contributed by atoms with Crippen LogP contribution >= 0.6 is 11.3 Å². The number of hydrogen-bond acceptors (Lipinski definition) is 7. The Morgan fingerprint density at radius 2 is 1.91 bits per heavy atom. The van der Waals surface area contributed by atoms with Gasteiger partial charge in [0.2, 0.25) is 5.95 Å². The van der Waals surface area contributed by atoms with E-state index in [1.54, 1.807) is 23.7 Å². The van der Waals surface area contributed by atoms with Crippen molar-refractivity contribution in [2.24, 2.45) is 0 Å². The van der Waals surface area contributed by atoms with Crippen molar-refractivity contribution in [1.29, 1.82) is 0 Å². The Kier molecular flexibility index (Phi) is 7.90. The number of anilines is 1. The highest BCUT2D eigenvalue weighted by atomic mass is 32.1. The number of carboxylic acids is 1. The highest BCUT2D eigenvalue weighted by Crippen LogP contribution is 2.36. The van der Waals surface area contributed by atoms with Gasteiger partial charge in [-0.1, -0.05) is 0 Å². The minimum atomic E-state index is -5.08. The number of likely N-dealkylation sites (tertiary alicyclic amines) is 1. The molecule has 8 nitrogen and oxygen atoms in total. The number of halogens is 3. The van der Waals surface area contributed by atoms with E-state index in [1.165, 1.54) is 0 Å². The average molecular weight is 487 g/mol. The van der Waals surface area contributed by atoms with E-state index in [0.717, 1.165) is 55.8 Å². The van der Waals surface area contributed by atoms with Gasteiger partial charge < -0.3 is 20.1 Å². The summed E-state index contributed by atoms with van der Waals surface area (Å²) in [7, 11) is 0. The Bertz CT molecular complexity index is 946. The topological polar surface area (TPSA) is 105 Å². The smallest absolute Gasteiger partial charge is 0.475 e. The fourth-order valence-corrected chi connectivity index (χ4v) is 4.64. The van der Waals surface area contributed by atoms with Gasteiger partial charge >= 0.3 is 12.1 Å². The van der Waals surface area contributed by atoms with Crippen LogP contribution < -0.4 is 5.32 Å². The first kappa shape index (κ1) is 24.9. The summed E-state index contributed by atoms with van der Waals surface area (Å²) in [5.74, 6) is -1.93. The summed E-state index contributed by atoms with van der Waals surface area (Å²) in [6.07, 6.45) is 2.08. The number of carbonyl (C=O) groups is 2. The lowest BCUT2D eigenvalue weighted by molar-refractivity contribution is -0.192. The number of piperidine rings is 1. The molecule has 2 aliphatic heterocycles. The molecule has 4 heterocycles. The van der Waals surface area contributed by atoms with E-state index in [4.69, 9.17) is 14.6 Å². The molecule has 0 saturated carbocycles. The summed E-state index contributed by atoms with van der Waals surface area (Å²) in [6.45, 7) is 4.25. The predicted octanol–water partition coefficient (Wildman–Crippen LogP) is 3.75. The highest BCUT2D eigenvalue weighted by molar-refractivity contribution is 7.10. The lowest BCUT2D eigenvalue weighted by Crippen LogP contribution is -2.52. The number of ether oxygens (including phenoxy) is 1. The fourth-order valence-electron chi connectivity index (χ4n) is 3.95. The van der Waals surface area contributed by atoms with Gasteiger partial charge in [0.1, 0.15) is 0 Å². The molecule has 180 valence electrons. The summed E-state index contributed by atoms with van der Waals surface area (Å²) >= 11 is 1.63. The number of rotatable bonds is 3. The Labute approximate surface area is 192 Å². The second kappa shape index (κ2) is 10.5. The first-order chi connectivity index (χ1) is 15.6. The lowest BCUT2D eigenvalue weighted by Gasteiger charge is -2.46. The van der Waals surface area contributed by atoms with Crippen LogP contribution in [0.3, 0.4) is 0 Å². The first-order valence-corrected chi connectivity index (χ1v) is 11.3. The molecule has 1 spiro atoms. The minimum Gasteiger partial charge on any atom is -0.475 e. The number of aliphatic carboxylic acids is 1. The van der Waals surface area contributed by atoms with Gasteiger partial charge in [-0.3, -0.25) is 4.79 Å². The number of carbonyl (C=O) groups excluding carboxylic acids is 1. The summed E-state index contributed by atoms with van der Waals surface area (Å²) < 4.78 is 37.9. The monoisotopic (exact) mass is 486 g/mol. The van der Waals surface area contributed by atoms with E-state index in [2.05, 4.69) is 15.3 Å². The van der Waals surface area contributed by atoms with Gasteiger partial charge in [0.15, 0.2) is 0 Å². The molecule has 2 saturated heterocycles. The molecular formula is C21H25F3N4O4S. The molecule has 2 N–H and O–H groups in total. The molecule has 2 aromatic rings. The largest absolute Gasteiger partial charge is 0.490 e. The van der Waals surface area contributed by atoms with Crippen molar-refractivity contribution in [3.63, 3.8) is 0 Å². The van der Waals surface area contributed by atoms with Crippen LogP contribution in [0.4, 0.5) is 19.1 Å². The van der Waals surface area contributed by atoms with Gasteiger partial charge in [-0.05, 0) is 50.1 Å². The molecule has 0 aliphatic carbocycles. The fraction of sp³-hybridized carbons (Fsp3) is 0.524. The zero-order valence-corrected chi connectivity index (χ0v) is 18.8. The number of alkyl halides is 3. The van der Waals surface area contributed by atoms with Crippen LogP contribution in [0.25, 0.3) is 0 Å². The van der Waals surface area contributed by atoms with Crippen LogP contribution in [0.15, 0.2) is 29.9 Å². The van der Waals surface area contributed by atoms with Crippen LogP contribution in [0.1, 0.15) is 40.9 Å². The van der Waals surface area contributed by atoms with E-state index in [9.17, 15) is 18.0 Å². The van der Waals surface area contributed by atoms with E-state index < -0.39 is 12.1 Å². The van der Waals surface area contributed by atoms with Crippen LogP contribution in [-0.4, -0.2) is 69.4 Å². The SMILES string of the molecule is Cc1sccc1C(=O)N1CCC2(CC1)CC(Nc1ncccn1)CCO2.O=C(O)C(F)(F)F. The second-order valence-electron chi connectivity index (χ2n) is 7.92. The molecule has 33 heavy (non-hydrogen) atoms. The Morgan fingerprint density at radius 1 is 1.27 bits per heavy atom. The number of hydrogen-bond donors (Lipinski definition) is 2. The van der Waals surface area contributed by atoms with E-state index in [0.29, 0.717) is 12.0 Å². The standard InChI is InChI=1S/C19H24N4O2S.C2HF3O2/c1-14-16(4-12-26-14)17(24)23-9-5-19(6-10-23)13-15(3-11-25-19)22-18-20-7-2-8-21-18;3-2(4,5)1(6)7/h2,4,7-8,12,15H,3,5-6,9-11,13H2,1H3,(H,20,21,22);(H,6,7). The molecule has 0 aromatic carbocycles. The third-order valence-corrected chi connectivity index (χ3v) is 6.53. The lowest BCUT2D eigenvalue weighted by atomic mass is 9.82. The molecule has 1 unspecified atom stereocenters. The van der Waals surface area contributed by atoms with E-state index >= 15 is 0 Å². The third-order valence-electron chi connectivity index (χ3n) is 5.69. The molecule has 0 bridgehead atoms. The molecular weight excluding hydrogens is 461 g/mol. The molecule has 1 atom stereocenters. The normalized spacial score (nSPS) is 20.0. The van der Waals surface area contributed by atoms with Crippen molar-refractivity contribution in [3.8, 4) is 0 Å². The van der Waals surface area contributed by atoms with Crippen molar-refractivity contribution in [1.82, 2.24) is 14.9 Å². The second-order valence-corrected chi connectivity index (χ2v) is 9.04. The highest BCUT2D eigenvalue weighted by Gasteiger charge is 2.41. The first-order valence-electron chi connectivity index (χ1n) is 10.4. The molecule has 2 fully saturated rings. The number of aromatic nitrogens is 2. The van der Waals surface area contributed by atoms with Gasteiger partial charge in [-0.25, -0.2) is 14.8 Å². The average Bonchev–Trinajstić information content (AvgIpc) is 3.20. The van der Waals surface area contributed by atoms with Crippen LogP contribution in [-0.2, 0) is 9.53 Å². The van der Waals surface area contributed by atoms with E-state index in [1.807, 2.05) is 29.3 Å². The molecule has 0 radical (unpaired) electrons. The Morgan fingerprint density at radius 3 is 2.45 bits per heavy atom. The van der Waals surface area contributed by atoms with Crippen molar-refractivity contribution in [2.45, 2.75) is 50.4 Å².